The molecular formula is C25H25I3N6O3. The number of carbonyl (C=O) groups excluding carboxylic acids is 1. The minimum atomic E-state index is 0.519. The number of pyridine rings is 4. The number of hydrogen-bond acceptors (Lipinski definition) is 9. The first-order valence-electron chi connectivity index (χ1n) is 10.6. The van der Waals surface area contributed by atoms with Gasteiger partial charge >= 0.3 is 0 Å². The fourth-order valence-electron chi connectivity index (χ4n) is 2.49. The van der Waals surface area contributed by atoms with Crippen LogP contribution < -0.4 is 20.5 Å². The Labute approximate surface area is 256 Å². The van der Waals surface area contributed by atoms with Crippen molar-refractivity contribution in [3.8, 4) is 11.8 Å². The van der Waals surface area contributed by atoms with Gasteiger partial charge in [0, 0.05) is 43.8 Å². The van der Waals surface area contributed by atoms with E-state index in [-0.39, 0.29) is 0 Å². The third-order valence-electron chi connectivity index (χ3n) is 4.43. The smallest absolute Gasteiger partial charge is 0.212 e. The Morgan fingerprint density at radius 2 is 1.51 bits per heavy atom. The minimum Gasteiger partial charge on any atom is -0.481 e. The summed E-state index contributed by atoms with van der Waals surface area (Å²) in [5.74, 6) is 2.61. The largest absolute Gasteiger partial charge is 0.481 e. The van der Waals surface area contributed by atoms with Gasteiger partial charge in [-0.25, -0.2) is 19.9 Å². The lowest BCUT2D eigenvalue weighted by atomic mass is 10.3. The van der Waals surface area contributed by atoms with Crippen molar-refractivity contribution in [2.75, 3.05) is 25.3 Å². The third kappa shape index (κ3) is 11.3. The number of hydrogen-bond donors (Lipinski definition) is 2. The van der Waals surface area contributed by atoms with E-state index in [0.717, 1.165) is 34.2 Å². The number of nitrogens with one attached hydrogen (secondary N) is 1. The van der Waals surface area contributed by atoms with Crippen LogP contribution in [0.2, 0.25) is 0 Å². The molecule has 194 valence electrons. The lowest BCUT2D eigenvalue weighted by molar-refractivity contribution is 0.112. The lowest BCUT2D eigenvalue weighted by Crippen LogP contribution is -2.03. The van der Waals surface area contributed by atoms with E-state index >= 15 is 0 Å². The Morgan fingerprint density at radius 1 is 0.865 bits per heavy atom. The topological polar surface area (TPSA) is 125 Å². The average Bonchev–Trinajstić information content (AvgIpc) is 2.92. The predicted molar refractivity (Wildman–Crippen MR) is 170 cm³/mol. The molecule has 0 bridgehead atoms. The summed E-state index contributed by atoms with van der Waals surface area (Å²) in [6.07, 6.45) is 4.00. The number of carbonyl (C=O) groups is 1. The molecular weight excluding hydrogens is 813 g/mol. The highest BCUT2D eigenvalue weighted by Crippen LogP contribution is 2.16. The van der Waals surface area contributed by atoms with Gasteiger partial charge in [0.25, 0.3) is 0 Å². The fourth-order valence-corrected chi connectivity index (χ4v) is 3.53. The molecule has 4 aromatic rings. The van der Waals surface area contributed by atoms with Gasteiger partial charge in [-0.3, -0.25) is 4.79 Å². The van der Waals surface area contributed by atoms with E-state index in [9.17, 15) is 4.79 Å². The molecule has 4 rings (SSSR count). The quantitative estimate of drug-likeness (QED) is 0.141. The van der Waals surface area contributed by atoms with Gasteiger partial charge in [-0.1, -0.05) is 6.07 Å². The Bertz CT molecular complexity index is 1280. The van der Waals surface area contributed by atoms with Gasteiger partial charge in [0.05, 0.1) is 19.9 Å². The summed E-state index contributed by atoms with van der Waals surface area (Å²) in [6.45, 7) is 2.64. The predicted octanol–water partition coefficient (Wildman–Crippen LogP) is 5.79. The summed E-state index contributed by atoms with van der Waals surface area (Å²) in [4.78, 5) is 26.6. The number of rotatable bonds is 6. The number of nitrogen functional groups attached to an aromatic ring is 1. The molecule has 12 heteroatoms. The molecule has 0 saturated carbocycles. The maximum Gasteiger partial charge on any atom is 0.212 e. The molecule has 4 heterocycles. The molecule has 0 spiro atoms. The van der Waals surface area contributed by atoms with E-state index in [1.807, 2.05) is 37.3 Å². The molecule has 0 fully saturated rings. The second-order valence-electron chi connectivity index (χ2n) is 7.09. The SMILES string of the molecule is COc1ccc(C=O)cn1.COc1ccc(CNc2ccc(I)c(I)n2)cn1.Cc1nc(N)ccc1I. The van der Waals surface area contributed by atoms with E-state index in [1.54, 1.807) is 31.5 Å². The molecule has 0 aliphatic heterocycles. The highest BCUT2D eigenvalue weighted by Gasteiger charge is 2.01. The van der Waals surface area contributed by atoms with Crippen LogP contribution in [0.3, 0.4) is 0 Å². The number of aldehydes is 1. The van der Waals surface area contributed by atoms with Crippen molar-refractivity contribution >= 4 is 85.7 Å². The molecule has 9 nitrogen and oxygen atoms in total. The zero-order valence-corrected chi connectivity index (χ0v) is 26.8. The Balaban J connectivity index is 0.000000214. The summed E-state index contributed by atoms with van der Waals surface area (Å²) in [5, 5.41) is 3.27. The highest BCUT2D eigenvalue weighted by atomic mass is 127. The van der Waals surface area contributed by atoms with Crippen molar-refractivity contribution in [1.82, 2.24) is 19.9 Å². The Kier molecular flexibility index (Phi) is 13.8. The summed E-state index contributed by atoms with van der Waals surface area (Å²) in [6, 6.07) is 14.9. The van der Waals surface area contributed by atoms with Crippen molar-refractivity contribution in [2.24, 2.45) is 0 Å². The zero-order chi connectivity index (χ0) is 27.2. The van der Waals surface area contributed by atoms with Crippen LogP contribution in [0.25, 0.3) is 0 Å². The van der Waals surface area contributed by atoms with Gasteiger partial charge in [-0.15, -0.1) is 0 Å². The molecule has 0 aliphatic carbocycles. The van der Waals surface area contributed by atoms with Crippen LogP contribution in [0, 0.1) is 17.8 Å². The summed E-state index contributed by atoms with van der Waals surface area (Å²) in [5.41, 5.74) is 8.05. The van der Waals surface area contributed by atoms with Gasteiger partial charge in [-0.05, 0) is 111 Å². The van der Waals surface area contributed by atoms with Gasteiger partial charge in [0.2, 0.25) is 11.8 Å². The first-order valence-corrected chi connectivity index (χ1v) is 13.9. The maximum atomic E-state index is 10.1. The van der Waals surface area contributed by atoms with Crippen LogP contribution in [0.1, 0.15) is 21.6 Å². The molecule has 0 amide bonds. The maximum absolute atomic E-state index is 10.1. The minimum absolute atomic E-state index is 0.519. The number of aromatic nitrogens is 4. The summed E-state index contributed by atoms with van der Waals surface area (Å²) < 4.78 is 13.1. The monoisotopic (exact) mass is 838 g/mol. The summed E-state index contributed by atoms with van der Waals surface area (Å²) >= 11 is 6.72. The molecule has 37 heavy (non-hydrogen) atoms. The first-order chi connectivity index (χ1) is 17.7. The van der Waals surface area contributed by atoms with Crippen LogP contribution in [0.15, 0.2) is 60.9 Å². The molecule has 0 aliphatic rings. The van der Waals surface area contributed by atoms with Gasteiger partial charge in [-0.2, -0.15) is 0 Å². The van der Waals surface area contributed by atoms with Gasteiger partial charge in [0.1, 0.15) is 15.3 Å². The number of nitrogens with two attached hydrogens (primary N) is 1. The van der Waals surface area contributed by atoms with Crippen LogP contribution >= 0.6 is 67.8 Å². The second kappa shape index (κ2) is 16.5. The lowest BCUT2D eigenvalue weighted by Gasteiger charge is -2.07. The van der Waals surface area contributed by atoms with Gasteiger partial charge in [0.15, 0.2) is 6.29 Å². The van der Waals surface area contributed by atoms with Crippen molar-refractivity contribution in [2.45, 2.75) is 13.5 Å². The Morgan fingerprint density at radius 3 is 2.00 bits per heavy atom. The highest BCUT2D eigenvalue weighted by molar-refractivity contribution is 14.1. The van der Waals surface area contributed by atoms with Crippen LogP contribution in [-0.4, -0.2) is 40.4 Å². The average molecular weight is 838 g/mol. The number of anilines is 2. The van der Waals surface area contributed by atoms with Crippen molar-refractivity contribution in [3.63, 3.8) is 0 Å². The van der Waals surface area contributed by atoms with Crippen molar-refractivity contribution < 1.29 is 14.3 Å². The molecule has 0 aromatic carbocycles. The van der Waals surface area contributed by atoms with E-state index in [4.69, 9.17) is 15.2 Å². The standard InChI is InChI=1S/C12H11I2N3O.C7H7NO2.C6H7IN2/c1-18-11-5-2-8(7-16-11)6-15-10-4-3-9(13)12(14)17-10;1-10-7-3-2-6(5-9)4-8-7;1-4-5(7)2-3-6(8)9-4/h2-5,7H,6H2,1H3,(H,15,17);2-5H,1H3;2-3H,1H3,(H2,8,9). The fraction of sp³-hybridized carbons (Fsp3) is 0.160. The molecule has 3 N–H and O–H groups in total. The van der Waals surface area contributed by atoms with Crippen molar-refractivity contribution in [3.05, 3.63) is 88.6 Å². The molecule has 0 radical (unpaired) electrons. The van der Waals surface area contributed by atoms with E-state index in [0.29, 0.717) is 29.7 Å². The van der Waals surface area contributed by atoms with Crippen LogP contribution in [-0.2, 0) is 6.54 Å². The number of methoxy groups -OCH3 is 2. The number of nitrogens with zero attached hydrogens (tertiary/aromatic N) is 4. The zero-order valence-electron chi connectivity index (χ0n) is 20.3. The molecule has 0 atom stereocenters. The molecule has 0 saturated heterocycles. The number of halogens is 3. The van der Waals surface area contributed by atoms with Crippen LogP contribution in [0.4, 0.5) is 11.6 Å². The number of ether oxygens (including phenoxy) is 2. The van der Waals surface area contributed by atoms with Crippen LogP contribution in [0.5, 0.6) is 11.8 Å². The third-order valence-corrected chi connectivity index (χ3v) is 8.30. The molecule has 4 aromatic heterocycles. The first kappa shape index (κ1) is 30.9. The van der Waals surface area contributed by atoms with E-state index in [1.165, 1.54) is 13.3 Å². The van der Waals surface area contributed by atoms with E-state index < -0.39 is 0 Å². The van der Waals surface area contributed by atoms with Crippen molar-refractivity contribution in [1.29, 1.82) is 0 Å². The Hall–Kier alpha value is -2.34. The van der Waals surface area contributed by atoms with Gasteiger partial charge < -0.3 is 20.5 Å². The number of aryl methyl sites for hydroxylation is 1. The second-order valence-corrected chi connectivity index (χ2v) is 10.4. The summed E-state index contributed by atoms with van der Waals surface area (Å²) in [7, 11) is 3.14. The normalized spacial score (nSPS) is 9.68. The molecule has 0 unspecified atom stereocenters. The van der Waals surface area contributed by atoms with E-state index in [2.05, 4.69) is 93.0 Å².